The Balaban J connectivity index is 2.67. The third-order valence-corrected chi connectivity index (χ3v) is 5.88. The number of thiazole rings is 1. The average molecular weight is 347 g/mol. The summed E-state index contributed by atoms with van der Waals surface area (Å²) in [6.07, 6.45) is 0. The Morgan fingerprint density at radius 2 is 1.91 bits per heavy atom. The number of sulfone groups is 1. The highest BCUT2D eigenvalue weighted by Crippen LogP contribution is 2.26. The minimum atomic E-state index is -3.35. The lowest BCUT2D eigenvalue weighted by atomic mass is 9.93. The van der Waals surface area contributed by atoms with Gasteiger partial charge in [0.2, 0.25) is 5.91 Å². The van der Waals surface area contributed by atoms with E-state index < -0.39 is 21.5 Å². The molecule has 0 unspecified atom stereocenters. The summed E-state index contributed by atoms with van der Waals surface area (Å²) in [6, 6.07) is -0.289. The monoisotopic (exact) mass is 346 g/mol. The molecule has 0 aromatic carbocycles. The van der Waals surface area contributed by atoms with Crippen LogP contribution in [0.4, 0.5) is 0 Å². The van der Waals surface area contributed by atoms with Crippen molar-refractivity contribution in [3.8, 4) is 0 Å². The van der Waals surface area contributed by atoms with E-state index in [0.29, 0.717) is 0 Å². The van der Waals surface area contributed by atoms with Crippen molar-refractivity contribution in [2.75, 3.05) is 11.5 Å². The number of hydrogen-bond donors (Lipinski definition) is 1. The standard InChI is InChI=1S/C15H26N2O3S2/c1-10(2)8-22(19,20)9-13(18)16-11(3)14-17-12(7-21-14)15(4,5)6/h7,10-11H,8-9H2,1-6H3,(H,16,18)/t11-/m1/s1. The largest absolute Gasteiger partial charge is 0.346 e. The Bertz CT molecular complexity index is 613. The van der Waals surface area contributed by atoms with Crippen molar-refractivity contribution >= 4 is 27.1 Å². The lowest BCUT2D eigenvalue weighted by Crippen LogP contribution is -2.33. The SMILES string of the molecule is CC(C)CS(=O)(=O)CC(=O)N[C@H](C)c1nc(C(C)(C)C)cs1. The molecule has 1 rings (SSSR count). The number of aromatic nitrogens is 1. The van der Waals surface area contributed by atoms with Gasteiger partial charge in [-0.2, -0.15) is 0 Å². The molecule has 1 atom stereocenters. The van der Waals surface area contributed by atoms with Gasteiger partial charge in [0.05, 0.1) is 17.5 Å². The molecule has 1 amide bonds. The van der Waals surface area contributed by atoms with Crippen LogP contribution in [-0.4, -0.2) is 30.8 Å². The first-order valence-electron chi connectivity index (χ1n) is 7.36. The number of carbonyl (C=O) groups excluding carboxylic acids is 1. The van der Waals surface area contributed by atoms with Gasteiger partial charge in [0.1, 0.15) is 10.8 Å². The van der Waals surface area contributed by atoms with Crippen LogP contribution in [-0.2, 0) is 20.0 Å². The van der Waals surface area contributed by atoms with Crippen molar-refractivity contribution in [1.29, 1.82) is 0 Å². The van der Waals surface area contributed by atoms with E-state index in [0.717, 1.165) is 10.7 Å². The number of amides is 1. The molecule has 1 aromatic rings. The second kappa shape index (κ2) is 7.08. The molecule has 0 aliphatic heterocycles. The first-order chi connectivity index (χ1) is 9.90. The van der Waals surface area contributed by atoms with E-state index in [1.165, 1.54) is 11.3 Å². The zero-order chi connectivity index (χ0) is 17.1. The summed E-state index contributed by atoms with van der Waals surface area (Å²) in [4.78, 5) is 16.4. The van der Waals surface area contributed by atoms with Crippen molar-refractivity contribution in [2.24, 2.45) is 5.92 Å². The zero-order valence-electron chi connectivity index (χ0n) is 14.1. The van der Waals surface area contributed by atoms with Gasteiger partial charge in [-0.3, -0.25) is 4.79 Å². The number of rotatable bonds is 6. The fourth-order valence-electron chi connectivity index (χ4n) is 1.94. The van der Waals surface area contributed by atoms with Crippen LogP contribution >= 0.6 is 11.3 Å². The summed E-state index contributed by atoms with van der Waals surface area (Å²) in [5.74, 6) is -0.892. The van der Waals surface area contributed by atoms with Gasteiger partial charge in [0, 0.05) is 10.8 Å². The highest BCUT2D eigenvalue weighted by molar-refractivity contribution is 7.92. The molecule has 5 nitrogen and oxygen atoms in total. The third-order valence-electron chi connectivity index (χ3n) is 2.98. The molecule has 0 aliphatic carbocycles. The third kappa shape index (κ3) is 6.04. The van der Waals surface area contributed by atoms with Gasteiger partial charge in [-0.15, -0.1) is 11.3 Å². The highest BCUT2D eigenvalue weighted by atomic mass is 32.2. The minimum absolute atomic E-state index is 0.0172. The first kappa shape index (κ1) is 19.1. The molecule has 22 heavy (non-hydrogen) atoms. The van der Waals surface area contributed by atoms with E-state index in [1.54, 1.807) is 0 Å². The number of nitrogens with one attached hydrogen (secondary N) is 1. The quantitative estimate of drug-likeness (QED) is 0.859. The molecule has 0 bridgehead atoms. The van der Waals surface area contributed by atoms with Gasteiger partial charge >= 0.3 is 0 Å². The molecular weight excluding hydrogens is 320 g/mol. The van der Waals surface area contributed by atoms with Gasteiger partial charge in [0.15, 0.2) is 9.84 Å². The summed E-state index contributed by atoms with van der Waals surface area (Å²) in [5, 5.41) is 5.49. The van der Waals surface area contributed by atoms with Crippen LogP contribution in [0.15, 0.2) is 5.38 Å². The van der Waals surface area contributed by atoms with Crippen LogP contribution in [0.3, 0.4) is 0 Å². The topological polar surface area (TPSA) is 76.1 Å². The van der Waals surface area contributed by atoms with Crippen molar-refractivity contribution in [1.82, 2.24) is 10.3 Å². The molecule has 0 spiro atoms. The van der Waals surface area contributed by atoms with E-state index in [1.807, 2.05) is 26.2 Å². The number of carbonyl (C=O) groups is 1. The lowest BCUT2D eigenvalue weighted by molar-refractivity contribution is -0.119. The maximum atomic E-state index is 11.9. The van der Waals surface area contributed by atoms with Gasteiger partial charge in [-0.05, 0) is 12.8 Å². The van der Waals surface area contributed by atoms with Gasteiger partial charge in [-0.25, -0.2) is 13.4 Å². The predicted octanol–water partition coefficient (Wildman–Crippen LogP) is 2.69. The number of nitrogens with zero attached hydrogens (tertiary/aromatic N) is 1. The predicted molar refractivity (Wildman–Crippen MR) is 90.9 cm³/mol. The van der Waals surface area contributed by atoms with Gasteiger partial charge in [-0.1, -0.05) is 34.6 Å². The van der Waals surface area contributed by atoms with Crippen LogP contribution in [0.5, 0.6) is 0 Å². The highest BCUT2D eigenvalue weighted by Gasteiger charge is 2.22. The van der Waals surface area contributed by atoms with Crippen molar-refractivity contribution in [3.05, 3.63) is 16.1 Å². The Labute approximate surface area is 137 Å². The van der Waals surface area contributed by atoms with E-state index in [4.69, 9.17) is 0 Å². The summed E-state index contributed by atoms with van der Waals surface area (Å²) in [7, 11) is -3.35. The molecular formula is C15H26N2O3S2. The average Bonchev–Trinajstić information content (AvgIpc) is 2.73. The molecule has 1 N–H and O–H groups in total. The summed E-state index contributed by atoms with van der Waals surface area (Å²) in [6.45, 7) is 11.7. The second-order valence-corrected chi connectivity index (χ2v) is 10.1. The molecule has 126 valence electrons. The van der Waals surface area contributed by atoms with Crippen LogP contribution < -0.4 is 5.32 Å². The molecule has 0 aliphatic rings. The van der Waals surface area contributed by atoms with Gasteiger partial charge < -0.3 is 5.32 Å². The van der Waals surface area contributed by atoms with Crippen LogP contribution in [0.1, 0.15) is 58.3 Å². The van der Waals surface area contributed by atoms with Crippen LogP contribution in [0, 0.1) is 5.92 Å². The van der Waals surface area contributed by atoms with Gasteiger partial charge in [0.25, 0.3) is 0 Å². The van der Waals surface area contributed by atoms with Crippen molar-refractivity contribution in [2.45, 2.75) is 53.0 Å². The fourth-order valence-corrected chi connectivity index (χ4v) is 4.61. The van der Waals surface area contributed by atoms with Crippen molar-refractivity contribution in [3.63, 3.8) is 0 Å². The molecule has 0 radical (unpaired) electrons. The second-order valence-electron chi connectivity index (χ2n) is 7.06. The maximum Gasteiger partial charge on any atom is 0.235 e. The molecule has 1 aromatic heterocycles. The first-order valence-corrected chi connectivity index (χ1v) is 10.1. The number of hydrogen-bond acceptors (Lipinski definition) is 5. The minimum Gasteiger partial charge on any atom is -0.346 e. The normalized spacial score (nSPS) is 14.1. The lowest BCUT2D eigenvalue weighted by Gasteiger charge is -2.15. The summed E-state index contributed by atoms with van der Waals surface area (Å²) in [5.41, 5.74) is 0.931. The van der Waals surface area contributed by atoms with E-state index in [-0.39, 0.29) is 23.1 Å². The molecule has 0 saturated heterocycles. The zero-order valence-corrected chi connectivity index (χ0v) is 15.8. The Morgan fingerprint density at radius 3 is 2.36 bits per heavy atom. The van der Waals surface area contributed by atoms with E-state index in [2.05, 4.69) is 31.1 Å². The summed E-state index contributed by atoms with van der Waals surface area (Å²) >= 11 is 1.48. The Morgan fingerprint density at radius 1 is 1.32 bits per heavy atom. The molecule has 1 heterocycles. The molecule has 0 fully saturated rings. The summed E-state index contributed by atoms with van der Waals surface area (Å²) < 4.78 is 23.7. The Kier molecular flexibility index (Phi) is 6.15. The Hall–Kier alpha value is -0.950. The van der Waals surface area contributed by atoms with Crippen LogP contribution in [0.2, 0.25) is 0 Å². The van der Waals surface area contributed by atoms with E-state index >= 15 is 0 Å². The van der Waals surface area contributed by atoms with E-state index in [9.17, 15) is 13.2 Å². The maximum absolute atomic E-state index is 11.9. The fraction of sp³-hybridized carbons (Fsp3) is 0.733. The smallest absolute Gasteiger partial charge is 0.235 e. The molecule has 7 heteroatoms. The van der Waals surface area contributed by atoms with Crippen molar-refractivity contribution < 1.29 is 13.2 Å². The van der Waals surface area contributed by atoms with Crippen LogP contribution in [0.25, 0.3) is 0 Å². The molecule has 0 saturated carbocycles.